The molecule has 0 aliphatic heterocycles. The molecule has 0 fully saturated rings. The van der Waals surface area contributed by atoms with Gasteiger partial charge in [0.25, 0.3) is 0 Å². The summed E-state index contributed by atoms with van der Waals surface area (Å²) in [7, 11) is 0. The summed E-state index contributed by atoms with van der Waals surface area (Å²) >= 11 is 17.2. The Bertz CT molecular complexity index is 242. The van der Waals surface area contributed by atoms with Crippen LogP contribution in [0.25, 0.3) is 0 Å². The Morgan fingerprint density at radius 1 is 1.09 bits per heavy atom. The maximum Gasteiger partial charge on any atom is 1.00 e. The molecule has 1 aromatic carbocycles. The summed E-state index contributed by atoms with van der Waals surface area (Å²) < 4.78 is 0. The molecule has 0 spiro atoms. The van der Waals surface area contributed by atoms with Gasteiger partial charge in [-0.05, 0) is 24.6 Å². The van der Waals surface area contributed by atoms with Gasteiger partial charge in [-0.2, -0.15) is 0 Å². The van der Waals surface area contributed by atoms with Crippen molar-refractivity contribution in [3.63, 3.8) is 0 Å². The summed E-state index contributed by atoms with van der Waals surface area (Å²) in [6.07, 6.45) is 0. The van der Waals surface area contributed by atoms with Crippen LogP contribution in [0.5, 0.6) is 0 Å². The first-order valence-electron chi connectivity index (χ1n) is 2.72. The predicted octanol–water partition coefficient (Wildman–Crippen LogP) is 1.07. The van der Waals surface area contributed by atoms with Crippen LogP contribution in [0.1, 0.15) is 6.99 Å². The average molecular weight is 219 g/mol. The van der Waals surface area contributed by atoms with E-state index in [9.17, 15) is 0 Å². The van der Waals surface area contributed by atoms with Gasteiger partial charge >= 0.3 is 29.6 Å². The first kappa shape index (κ1) is 12.1. The van der Waals surface area contributed by atoms with E-state index in [1.54, 1.807) is 12.1 Å². The van der Waals surface area contributed by atoms with Crippen molar-refractivity contribution in [3.05, 3.63) is 32.8 Å². The van der Waals surface area contributed by atoms with Crippen molar-refractivity contribution in [1.29, 1.82) is 0 Å². The molecule has 4 heteroatoms. The van der Waals surface area contributed by atoms with Gasteiger partial charge in [0.15, 0.2) is 0 Å². The number of hydrogen-bond donors (Lipinski definition) is 0. The fourth-order valence-corrected chi connectivity index (χ4v) is 1.43. The molecule has 56 valence electrons. The Morgan fingerprint density at radius 2 is 1.45 bits per heavy atom. The molecule has 0 heterocycles. The number of hydrogen-bond acceptors (Lipinski definition) is 0. The zero-order valence-electron chi connectivity index (χ0n) is 7.29. The van der Waals surface area contributed by atoms with Crippen LogP contribution in [0.4, 0.5) is 0 Å². The van der Waals surface area contributed by atoms with E-state index in [-0.39, 0.29) is 31.0 Å². The van der Waals surface area contributed by atoms with Crippen molar-refractivity contribution in [1.82, 2.24) is 0 Å². The molecule has 0 aliphatic carbocycles. The SMILES string of the molecule is Cc1c(Cl)cc(Cl)cc1Cl.[H-].[Na+]. The van der Waals surface area contributed by atoms with Gasteiger partial charge in [0.1, 0.15) is 0 Å². The summed E-state index contributed by atoms with van der Waals surface area (Å²) in [5, 5.41) is 1.79. The fourth-order valence-electron chi connectivity index (χ4n) is 0.614. The minimum absolute atomic E-state index is 0. The van der Waals surface area contributed by atoms with Gasteiger partial charge in [-0.3, -0.25) is 0 Å². The third-order valence-corrected chi connectivity index (χ3v) is 2.25. The molecule has 0 bridgehead atoms. The van der Waals surface area contributed by atoms with Crippen molar-refractivity contribution >= 4 is 34.8 Å². The van der Waals surface area contributed by atoms with E-state index in [1.165, 1.54) is 0 Å². The summed E-state index contributed by atoms with van der Waals surface area (Å²) in [5.74, 6) is 0. The molecule has 0 N–H and O–H groups in total. The molecule has 0 amide bonds. The molecular weight excluding hydrogens is 213 g/mol. The normalized spacial score (nSPS) is 9.09. The molecule has 0 atom stereocenters. The molecule has 11 heavy (non-hydrogen) atoms. The zero-order valence-corrected chi connectivity index (χ0v) is 10.6. The second-order valence-corrected chi connectivity index (χ2v) is 3.25. The Kier molecular flexibility index (Phi) is 5.45. The van der Waals surface area contributed by atoms with Crippen LogP contribution in [0.3, 0.4) is 0 Å². The van der Waals surface area contributed by atoms with Crippen LogP contribution in [-0.4, -0.2) is 0 Å². The maximum absolute atomic E-state index is 5.75. The summed E-state index contributed by atoms with van der Waals surface area (Å²) in [6.45, 7) is 1.85. The van der Waals surface area contributed by atoms with Gasteiger partial charge in [-0.1, -0.05) is 34.8 Å². The van der Waals surface area contributed by atoms with E-state index < -0.39 is 0 Å². The van der Waals surface area contributed by atoms with Crippen molar-refractivity contribution in [2.45, 2.75) is 6.92 Å². The van der Waals surface area contributed by atoms with Crippen LogP contribution >= 0.6 is 34.8 Å². The van der Waals surface area contributed by atoms with Gasteiger partial charge in [-0.15, -0.1) is 0 Å². The summed E-state index contributed by atoms with van der Waals surface area (Å²) in [4.78, 5) is 0. The molecule has 1 rings (SSSR count). The van der Waals surface area contributed by atoms with Gasteiger partial charge in [0.2, 0.25) is 0 Å². The number of benzene rings is 1. The van der Waals surface area contributed by atoms with Gasteiger partial charge in [0.05, 0.1) is 0 Å². The standard InChI is InChI=1S/C7H5Cl3.Na.H/c1-4-6(9)2-5(8)3-7(4)10;;/h2-3H,1H3;;/q;+1;-1. The van der Waals surface area contributed by atoms with E-state index in [4.69, 9.17) is 34.8 Å². The first-order valence-corrected chi connectivity index (χ1v) is 3.86. The quantitative estimate of drug-likeness (QED) is 0.573. The van der Waals surface area contributed by atoms with Crippen molar-refractivity contribution in [2.75, 3.05) is 0 Å². The molecule has 0 aromatic heterocycles. The number of rotatable bonds is 0. The average Bonchev–Trinajstić information content (AvgIpc) is 1.82. The number of halogens is 3. The van der Waals surface area contributed by atoms with E-state index in [0.29, 0.717) is 15.1 Å². The molecular formula is C7H6Cl3Na. The largest absolute Gasteiger partial charge is 1.00 e. The van der Waals surface area contributed by atoms with E-state index in [1.807, 2.05) is 6.92 Å². The predicted molar refractivity (Wildman–Crippen MR) is 47.3 cm³/mol. The monoisotopic (exact) mass is 218 g/mol. The Hall–Kier alpha value is 1.09. The van der Waals surface area contributed by atoms with Crippen LogP contribution in [0, 0.1) is 6.92 Å². The topological polar surface area (TPSA) is 0 Å². The Morgan fingerprint density at radius 3 is 1.82 bits per heavy atom. The molecule has 0 radical (unpaired) electrons. The molecule has 0 aliphatic rings. The smallest absolute Gasteiger partial charge is 1.00 e. The van der Waals surface area contributed by atoms with E-state index in [0.717, 1.165) is 5.56 Å². The van der Waals surface area contributed by atoms with E-state index in [2.05, 4.69) is 0 Å². The minimum atomic E-state index is 0. The molecule has 0 saturated heterocycles. The second kappa shape index (κ2) is 4.96. The maximum atomic E-state index is 5.75. The van der Waals surface area contributed by atoms with Crippen molar-refractivity contribution in [2.24, 2.45) is 0 Å². The minimum Gasteiger partial charge on any atom is -1.00 e. The third-order valence-electron chi connectivity index (χ3n) is 1.25. The third kappa shape index (κ3) is 3.14. The van der Waals surface area contributed by atoms with Crippen LogP contribution in [0.15, 0.2) is 12.1 Å². The molecule has 0 saturated carbocycles. The van der Waals surface area contributed by atoms with Crippen LogP contribution in [-0.2, 0) is 0 Å². The van der Waals surface area contributed by atoms with Crippen LogP contribution in [0.2, 0.25) is 15.1 Å². The second-order valence-electron chi connectivity index (χ2n) is 1.99. The fraction of sp³-hybridized carbons (Fsp3) is 0.143. The van der Waals surface area contributed by atoms with E-state index >= 15 is 0 Å². The van der Waals surface area contributed by atoms with Gasteiger partial charge in [0, 0.05) is 15.1 Å². The van der Waals surface area contributed by atoms with Crippen LogP contribution < -0.4 is 29.6 Å². The molecule has 1 aromatic rings. The Labute approximate surface area is 105 Å². The first-order chi connectivity index (χ1) is 4.61. The van der Waals surface area contributed by atoms with Crippen molar-refractivity contribution in [3.8, 4) is 0 Å². The molecule has 0 nitrogen and oxygen atoms in total. The molecule has 0 unspecified atom stereocenters. The van der Waals surface area contributed by atoms with Gasteiger partial charge < -0.3 is 1.43 Å². The van der Waals surface area contributed by atoms with Gasteiger partial charge in [-0.25, -0.2) is 0 Å². The summed E-state index contributed by atoms with van der Waals surface area (Å²) in [6, 6.07) is 3.34. The zero-order chi connectivity index (χ0) is 7.72. The Balaban J connectivity index is 0. The summed E-state index contributed by atoms with van der Waals surface area (Å²) in [5.41, 5.74) is 0.868. The van der Waals surface area contributed by atoms with Crippen molar-refractivity contribution < 1.29 is 31.0 Å².